The Balaban J connectivity index is 1.46. The summed E-state index contributed by atoms with van der Waals surface area (Å²) >= 11 is 20.2. The van der Waals surface area contributed by atoms with E-state index in [0.29, 0.717) is 22.0 Å². The van der Waals surface area contributed by atoms with Crippen molar-refractivity contribution in [2.75, 3.05) is 34.8 Å². The molecule has 3 aliphatic heterocycles. The minimum absolute atomic E-state index is 0.108. The number of pyridine rings is 1. The van der Waals surface area contributed by atoms with Crippen LogP contribution in [-0.2, 0) is 0 Å². The number of nitrogens with one attached hydrogen (secondary N) is 1. The van der Waals surface area contributed by atoms with Crippen molar-refractivity contribution in [3.05, 3.63) is 87.7 Å². The number of aromatic nitrogens is 1. The van der Waals surface area contributed by atoms with Gasteiger partial charge in [-0.25, -0.2) is 0 Å². The van der Waals surface area contributed by atoms with Crippen LogP contribution in [0.1, 0.15) is 69.9 Å². The van der Waals surface area contributed by atoms with Gasteiger partial charge >= 0.3 is 0 Å². The number of benzene rings is 2. The van der Waals surface area contributed by atoms with E-state index in [4.69, 9.17) is 40.4 Å². The predicted octanol–water partition coefficient (Wildman–Crippen LogP) is 8.68. The molecule has 3 aliphatic rings. The molecule has 0 aliphatic carbocycles. The molecule has 0 amide bonds. The zero-order valence-electron chi connectivity index (χ0n) is 25.2. The lowest BCUT2D eigenvalue weighted by Crippen LogP contribution is -2.42. The Morgan fingerprint density at radius 1 is 0.976 bits per heavy atom. The molecule has 2 aromatic carbocycles. The van der Waals surface area contributed by atoms with Crippen molar-refractivity contribution in [3.63, 3.8) is 0 Å². The maximum Gasteiger partial charge on any atom is 0.174 e. The van der Waals surface area contributed by atoms with E-state index >= 15 is 0 Å². The summed E-state index contributed by atoms with van der Waals surface area (Å²) in [4.78, 5) is 11.6. The average molecular weight is 621 g/mol. The lowest BCUT2D eigenvalue weighted by molar-refractivity contribution is 0.357. The van der Waals surface area contributed by atoms with Gasteiger partial charge in [-0.3, -0.25) is 4.98 Å². The molecule has 0 unspecified atom stereocenters. The number of fused-ring (bicyclic) bond motifs is 1. The lowest BCUT2D eigenvalue weighted by Gasteiger charge is -2.41. The van der Waals surface area contributed by atoms with Gasteiger partial charge in [0.25, 0.3) is 0 Å². The molecule has 1 aromatic heterocycles. The molecule has 2 fully saturated rings. The minimum atomic E-state index is -0.227. The molecule has 0 spiro atoms. The third-order valence-electron chi connectivity index (χ3n) is 9.17. The first-order chi connectivity index (χ1) is 19.9. The number of hydrogen-bond donors (Lipinski definition) is 1. The van der Waals surface area contributed by atoms with E-state index < -0.39 is 0 Å². The number of thiocarbonyl (C=S) groups is 1. The number of hydrogen-bond acceptors (Lipinski definition) is 4. The Morgan fingerprint density at radius 3 is 2.38 bits per heavy atom. The van der Waals surface area contributed by atoms with Crippen LogP contribution in [-0.4, -0.2) is 35.8 Å². The van der Waals surface area contributed by atoms with Crippen molar-refractivity contribution in [2.45, 2.75) is 58.7 Å². The highest BCUT2D eigenvalue weighted by atomic mass is 35.5. The van der Waals surface area contributed by atoms with Gasteiger partial charge in [0.2, 0.25) is 0 Å². The highest BCUT2D eigenvalue weighted by Crippen LogP contribution is 2.48. The minimum Gasteiger partial charge on any atom is -0.370 e. The summed E-state index contributed by atoms with van der Waals surface area (Å²) in [6.45, 7) is 13.3. The smallest absolute Gasteiger partial charge is 0.174 e. The van der Waals surface area contributed by atoms with Crippen LogP contribution in [0, 0.1) is 11.8 Å². The Hall–Kier alpha value is -2.80. The second-order valence-corrected chi connectivity index (χ2v) is 14.1. The van der Waals surface area contributed by atoms with E-state index in [1.807, 2.05) is 24.4 Å². The molecular formula is C34H39Cl2N5S. The normalized spacial score (nSPS) is 25.3. The molecule has 8 heteroatoms. The third-order valence-corrected chi connectivity index (χ3v) is 10.1. The first-order valence-electron chi connectivity index (χ1n) is 14.8. The predicted molar refractivity (Wildman–Crippen MR) is 182 cm³/mol. The number of rotatable bonds is 4. The summed E-state index contributed by atoms with van der Waals surface area (Å²) < 4.78 is 0. The number of halogens is 2. The second kappa shape index (κ2) is 11.0. The highest BCUT2D eigenvalue weighted by Gasteiger charge is 2.43. The SMILES string of the molecule is CC1=CC(C)(C)N(C)c2cc(Cl)c([C@@H]3[C@H](c4ccccn4)NC(=S)N3c3ccc(N4C[C@@H](C)C[C@H](C)C4)c(Cl)c3)cc21. The van der Waals surface area contributed by atoms with Crippen molar-refractivity contribution in [1.82, 2.24) is 10.3 Å². The Labute approximate surface area is 265 Å². The van der Waals surface area contributed by atoms with Gasteiger partial charge in [0, 0.05) is 48.3 Å². The van der Waals surface area contributed by atoms with Crippen molar-refractivity contribution in [2.24, 2.45) is 11.8 Å². The average Bonchev–Trinajstić information content (AvgIpc) is 3.28. The van der Waals surface area contributed by atoms with Crippen molar-refractivity contribution < 1.29 is 0 Å². The maximum atomic E-state index is 7.19. The molecule has 1 N–H and O–H groups in total. The molecule has 0 bridgehead atoms. The van der Waals surface area contributed by atoms with Gasteiger partial charge < -0.3 is 20.0 Å². The Kier molecular flexibility index (Phi) is 7.70. The van der Waals surface area contributed by atoms with Crippen LogP contribution in [0.5, 0.6) is 0 Å². The first-order valence-corrected chi connectivity index (χ1v) is 15.9. The zero-order chi connectivity index (χ0) is 29.9. The molecule has 6 rings (SSSR count). The van der Waals surface area contributed by atoms with E-state index in [1.165, 1.54) is 17.6 Å². The maximum absolute atomic E-state index is 7.19. The van der Waals surface area contributed by atoms with Crippen molar-refractivity contribution >= 4 is 63.2 Å². The molecule has 2 saturated heterocycles. The molecule has 0 saturated carbocycles. The molecule has 4 atom stereocenters. The highest BCUT2D eigenvalue weighted by molar-refractivity contribution is 7.80. The van der Waals surface area contributed by atoms with E-state index in [2.05, 4.69) is 98.1 Å². The van der Waals surface area contributed by atoms with E-state index in [-0.39, 0.29) is 17.6 Å². The van der Waals surface area contributed by atoms with Gasteiger partial charge in [0.05, 0.1) is 34.0 Å². The zero-order valence-corrected chi connectivity index (χ0v) is 27.5. The fraction of sp³-hybridized carbons (Fsp3) is 0.412. The molecule has 3 aromatic rings. The van der Waals surface area contributed by atoms with E-state index in [1.54, 1.807) is 0 Å². The summed E-state index contributed by atoms with van der Waals surface area (Å²) in [5.74, 6) is 1.27. The summed E-state index contributed by atoms with van der Waals surface area (Å²) in [5.41, 5.74) is 7.34. The summed E-state index contributed by atoms with van der Waals surface area (Å²) in [7, 11) is 2.13. The van der Waals surface area contributed by atoms with Gasteiger partial charge in [-0.1, -0.05) is 49.2 Å². The number of nitrogens with zero attached hydrogens (tertiary/aromatic N) is 4. The third kappa shape index (κ3) is 5.16. The molecule has 4 heterocycles. The van der Waals surface area contributed by atoms with E-state index in [0.717, 1.165) is 46.4 Å². The van der Waals surface area contributed by atoms with Crippen LogP contribution >= 0.6 is 35.4 Å². The molecule has 220 valence electrons. The van der Waals surface area contributed by atoms with Crippen LogP contribution in [0.2, 0.25) is 10.0 Å². The van der Waals surface area contributed by atoms with Crippen LogP contribution in [0.4, 0.5) is 17.1 Å². The first kappa shape index (κ1) is 29.3. The van der Waals surface area contributed by atoms with Crippen LogP contribution < -0.4 is 20.0 Å². The monoisotopic (exact) mass is 619 g/mol. The van der Waals surface area contributed by atoms with Gasteiger partial charge in [-0.05, 0) is 105 Å². The van der Waals surface area contributed by atoms with Gasteiger partial charge in [-0.2, -0.15) is 0 Å². The molecular weight excluding hydrogens is 581 g/mol. The van der Waals surface area contributed by atoms with Gasteiger partial charge in [-0.15, -0.1) is 0 Å². The topological polar surface area (TPSA) is 34.6 Å². The molecule has 5 nitrogen and oxygen atoms in total. The molecule has 0 radical (unpaired) electrons. The Morgan fingerprint density at radius 2 is 1.71 bits per heavy atom. The summed E-state index contributed by atoms with van der Waals surface area (Å²) in [5, 5.41) is 5.63. The van der Waals surface area contributed by atoms with Crippen LogP contribution in [0.15, 0.2) is 60.8 Å². The van der Waals surface area contributed by atoms with Gasteiger partial charge in [0.15, 0.2) is 5.11 Å². The number of piperidine rings is 1. The lowest BCUT2D eigenvalue weighted by atomic mass is 9.86. The number of likely N-dealkylation sites (N-methyl/N-ethyl adjacent to an activating group) is 1. The number of anilines is 3. The quantitative estimate of drug-likeness (QED) is 0.294. The van der Waals surface area contributed by atoms with Crippen molar-refractivity contribution in [1.29, 1.82) is 0 Å². The standard InChI is InChI=1S/C34H39Cl2N5S/c1-20-13-21(2)19-40(18-20)29-11-10-23(14-27(29)36)41-32(31(38-33(41)42)28-9-7-8-12-37-28)25-15-24-22(3)17-34(4,5)39(6)30(24)16-26(25)35/h7-12,14-17,20-21,31-32H,13,18-19H2,1-6H3,(H,38,42)/t20-,21-,31-,32+/m0/s1. The fourth-order valence-corrected chi connectivity index (χ4v) is 8.04. The summed E-state index contributed by atoms with van der Waals surface area (Å²) in [6.07, 6.45) is 5.39. The second-order valence-electron chi connectivity index (χ2n) is 12.9. The van der Waals surface area contributed by atoms with Crippen LogP contribution in [0.3, 0.4) is 0 Å². The summed E-state index contributed by atoms with van der Waals surface area (Å²) in [6, 6.07) is 16.2. The van der Waals surface area contributed by atoms with Crippen molar-refractivity contribution in [3.8, 4) is 0 Å². The fourth-order valence-electron chi connectivity index (χ4n) is 7.13. The van der Waals surface area contributed by atoms with Crippen LogP contribution in [0.25, 0.3) is 5.57 Å². The number of allylic oxidation sites excluding steroid dienone is 1. The largest absolute Gasteiger partial charge is 0.370 e. The molecule has 42 heavy (non-hydrogen) atoms. The van der Waals surface area contributed by atoms with E-state index in [9.17, 15) is 0 Å². The Bertz CT molecular complexity index is 1540. The van der Waals surface area contributed by atoms with Gasteiger partial charge in [0.1, 0.15) is 0 Å².